The van der Waals surface area contributed by atoms with Gasteiger partial charge in [0.15, 0.2) is 11.0 Å². The topological polar surface area (TPSA) is 86.9 Å². The lowest BCUT2D eigenvalue weighted by Crippen LogP contribution is -2.15. The van der Waals surface area contributed by atoms with Gasteiger partial charge in [-0.3, -0.25) is 9.47 Å². The van der Waals surface area contributed by atoms with Crippen molar-refractivity contribution in [1.29, 1.82) is 0 Å². The molecule has 0 aliphatic rings. The van der Waals surface area contributed by atoms with Gasteiger partial charge in [0.05, 0.1) is 18.4 Å². The first-order chi connectivity index (χ1) is 13.8. The summed E-state index contributed by atoms with van der Waals surface area (Å²) in [5, 5.41) is 14.4. The predicted molar refractivity (Wildman–Crippen MR) is 109 cm³/mol. The van der Waals surface area contributed by atoms with Gasteiger partial charge in [-0.2, -0.15) is 0 Å². The third-order valence-corrected chi connectivity index (χ3v) is 5.40. The number of methoxy groups -OCH3 is 1. The van der Waals surface area contributed by atoms with E-state index < -0.39 is 0 Å². The average Bonchev–Trinajstić information content (AvgIpc) is 3.47. The molecule has 4 rings (SSSR count). The van der Waals surface area contributed by atoms with Crippen molar-refractivity contribution in [3.05, 3.63) is 60.4 Å². The minimum absolute atomic E-state index is 0.152. The smallest absolute Gasteiger partial charge is 0.236 e. The molecule has 0 aliphatic carbocycles. The van der Waals surface area contributed by atoms with Crippen molar-refractivity contribution in [3.8, 4) is 17.1 Å². The highest BCUT2D eigenvalue weighted by molar-refractivity contribution is 7.99. The highest BCUT2D eigenvalue weighted by atomic mass is 32.2. The molecule has 0 radical (unpaired) electrons. The quantitative estimate of drug-likeness (QED) is 0.469. The number of rotatable bonds is 7. The Morgan fingerprint density at radius 3 is 2.79 bits per heavy atom. The molecule has 3 heterocycles. The number of thiazole rings is 1. The second-order valence-electron chi connectivity index (χ2n) is 5.56. The summed E-state index contributed by atoms with van der Waals surface area (Å²) >= 11 is 2.67. The molecule has 0 unspecified atom stereocenters. The molecule has 0 saturated carbocycles. The number of aromatic nitrogens is 5. The first kappa shape index (κ1) is 18.3. The molecular formula is C18H16N6O2S2. The molecule has 0 fully saturated rings. The first-order valence-electron chi connectivity index (χ1n) is 8.31. The lowest BCUT2D eigenvalue weighted by Gasteiger charge is -2.13. The van der Waals surface area contributed by atoms with Gasteiger partial charge in [0.25, 0.3) is 0 Å². The van der Waals surface area contributed by atoms with E-state index in [1.807, 2.05) is 63.5 Å². The number of carbonyl (C=O) groups is 1. The van der Waals surface area contributed by atoms with Crippen molar-refractivity contribution in [2.45, 2.75) is 5.16 Å². The minimum Gasteiger partial charge on any atom is -0.496 e. The van der Waals surface area contributed by atoms with Crippen LogP contribution in [-0.4, -0.2) is 43.3 Å². The molecule has 142 valence electrons. The monoisotopic (exact) mass is 412 g/mol. The Kier molecular flexibility index (Phi) is 5.40. The van der Waals surface area contributed by atoms with Crippen LogP contribution in [0.3, 0.4) is 0 Å². The van der Waals surface area contributed by atoms with E-state index >= 15 is 0 Å². The first-order valence-corrected chi connectivity index (χ1v) is 10.2. The number of amides is 1. The summed E-state index contributed by atoms with van der Waals surface area (Å²) in [5.41, 5.74) is 0.810. The fraction of sp³-hybridized carbons (Fsp3) is 0.111. The van der Waals surface area contributed by atoms with E-state index in [-0.39, 0.29) is 11.7 Å². The van der Waals surface area contributed by atoms with Gasteiger partial charge in [0.2, 0.25) is 11.1 Å². The average molecular weight is 413 g/mol. The number of ether oxygens (including phenoxy) is 1. The summed E-state index contributed by atoms with van der Waals surface area (Å²) in [6.07, 6.45) is 5.43. The Hall–Kier alpha value is -3.11. The number of hydrogen-bond donors (Lipinski definition) is 1. The number of nitrogens with zero attached hydrogens (tertiary/aromatic N) is 5. The van der Waals surface area contributed by atoms with Crippen LogP contribution < -0.4 is 10.1 Å². The Bertz CT molecular complexity index is 1060. The second-order valence-corrected chi connectivity index (χ2v) is 7.39. The lowest BCUT2D eigenvalue weighted by molar-refractivity contribution is -0.113. The van der Waals surface area contributed by atoms with Gasteiger partial charge in [-0.15, -0.1) is 21.5 Å². The number of hydrogen-bond acceptors (Lipinski definition) is 7. The van der Waals surface area contributed by atoms with Crippen molar-refractivity contribution in [3.63, 3.8) is 0 Å². The normalized spacial score (nSPS) is 10.8. The van der Waals surface area contributed by atoms with Crippen LogP contribution in [0.5, 0.6) is 5.75 Å². The molecule has 1 amide bonds. The Morgan fingerprint density at radius 1 is 1.21 bits per heavy atom. The molecule has 0 aliphatic heterocycles. The van der Waals surface area contributed by atoms with Crippen LogP contribution in [0.4, 0.5) is 5.13 Å². The Labute approximate surface area is 169 Å². The molecular weight excluding hydrogens is 396 g/mol. The van der Waals surface area contributed by atoms with Crippen molar-refractivity contribution >= 4 is 34.1 Å². The van der Waals surface area contributed by atoms with Gasteiger partial charge in [0.1, 0.15) is 5.75 Å². The fourth-order valence-electron chi connectivity index (χ4n) is 2.59. The molecule has 0 atom stereocenters. The molecule has 0 bridgehead atoms. The minimum atomic E-state index is -0.152. The summed E-state index contributed by atoms with van der Waals surface area (Å²) in [6, 6.07) is 11.4. The van der Waals surface area contributed by atoms with Crippen molar-refractivity contribution < 1.29 is 9.53 Å². The molecule has 1 aromatic carbocycles. The zero-order chi connectivity index (χ0) is 19.3. The summed E-state index contributed by atoms with van der Waals surface area (Å²) in [6.45, 7) is 0. The van der Waals surface area contributed by atoms with E-state index in [1.165, 1.54) is 23.1 Å². The maximum absolute atomic E-state index is 12.2. The molecule has 3 aromatic heterocycles. The maximum Gasteiger partial charge on any atom is 0.236 e. The van der Waals surface area contributed by atoms with Crippen LogP contribution >= 0.6 is 23.1 Å². The van der Waals surface area contributed by atoms with E-state index in [2.05, 4.69) is 20.5 Å². The molecule has 1 N–H and O–H groups in total. The predicted octanol–water partition coefficient (Wildman–Crippen LogP) is 3.25. The fourth-order valence-corrected chi connectivity index (χ4v) is 3.87. The van der Waals surface area contributed by atoms with E-state index in [4.69, 9.17) is 4.74 Å². The highest BCUT2D eigenvalue weighted by Crippen LogP contribution is 2.31. The maximum atomic E-state index is 12.2. The van der Waals surface area contributed by atoms with Gasteiger partial charge in [0, 0.05) is 24.0 Å². The van der Waals surface area contributed by atoms with Crippen molar-refractivity contribution in [2.24, 2.45) is 0 Å². The summed E-state index contributed by atoms with van der Waals surface area (Å²) in [4.78, 5) is 16.3. The molecule has 28 heavy (non-hydrogen) atoms. The van der Waals surface area contributed by atoms with Crippen LogP contribution in [0.15, 0.2) is 65.5 Å². The largest absolute Gasteiger partial charge is 0.496 e. The van der Waals surface area contributed by atoms with Crippen LogP contribution in [0.1, 0.15) is 0 Å². The molecule has 0 saturated heterocycles. The number of nitrogens with one attached hydrogen (secondary N) is 1. The third-order valence-electron chi connectivity index (χ3n) is 3.79. The van der Waals surface area contributed by atoms with E-state index in [9.17, 15) is 4.79 Å². The molecule has 8 nitrogen and oxygen atoms in total. The molecule has 4 aromatic rings. The Morgan fingerprint density at radius 2 is 2.04 bits per heavy atom. The van der Waals surface area contributed by atoms with Crippen LogP contribution in [0, 0.1) is 0 Å². The van der Waals surface area contributed by atoms with Gasteiger partial charge < -0.3 is 10.1 Å². The number of carbonyl (C=O) groups excluding carboxylic acids is 1. The molecule has 0 spiro atoms. The van der Waals surface area contributed by atoms with Gasteiger partial charge in [-0.25, -0.2) is 9.66 Å². The van der Waals surface area contributed by atoms with Gasteiger partial charge in [-0.05, 0) is 24.3 Å². The van der Waals surface area contributed by atoms with E-state index in [0.717, 1.165) is 5.56 Å². The van der Waals surface area contributed by atoms with Crippen molar-refractivity contribution in [1.82, 2.24) is 24.5 Å². The lowest BCUT2D eigenvalue weighted by atomic mass is 10.2. The SMILES string of the molecule is COc1ccccc1-c1nnc(SCC(=O)Nc2nccs2)n1-n1cccc1. The van der Waals surface area contributed by atoms with Gasteiger partial charge >= 0.3 is 0 Å². The second kappa shape index (κ2) is 8.28. The van der Waals surface area contributed by atoms with Gasteiger partial charge in [-0.1, -0.05) is 23.9 Å². The van der Waals surface area contributed by atoms with Crippen LogP contribution in [0.25, 0.3) is 11.4 Å². The summed E-state index contributed by atoms with van der Waals surface area (Å²) in [7, 11) is 1.62. The zero-order valence-corrected chi connectivity index (χ0v) is 16.5. The van der Waals surface area contributed by atoms with Crippen LogP contribution in [0.2, 0.25) is 0 Å². The number of para-hydroxylation sites is 1. The number of anilines is 1. The van der Waals surface area contributed by atoms with Crippen LogP contribution in [-0.2, 0) is 4.79 Å². The standard InChI is InChI=1S/C18H16N6O2S2/c1-26-14-7-3-2-6-13(14)16-21-22-18(24(16)23-9-4-5-10-23)28-12-15(25)20-17-19-8-11-27-17/h2-11H,12H2,1H3,(H,19,20,25). The summed E-state index contributed by atoms with van der Waals surface area (Å²) < 4.78 is 9.18. The molecule has 10 heteroatoms. The van der Waals surface area contributed by atoms with E-state index in [0.29, 0.717) is 21.9 Å². The Balaban J connectivity index is 1.63. The highest BCUT2D eigenvalue weighted by Gasteiger charge is 2.19. The number of benzene rings is 1. The number of thioether (sulfide) groups is 1. The van der Waals surface area contributed by atoms with Crippen molar-refractivity contribution in [2.75, 3.05) is 18.2 Å². The third kappa shape index (κ3) is 3.78. The zero-order valence-electron chi connectivity index (χ0n) is 14.8. The summed E-state index contributed by atoms with van der Waals surface area (Å²) in [5.74, 6) is 1.35. The van der Waals surface area contributed by atoms with E-state index in [1.54, 1.807) is 13.3 Å².